The van der Waals surface area contributed by atoms with Gasteiger partial charge in [0.25, 0.3) is 0 Å². The molecule has 1 aliphatic rings. The lowest BCUT2D eigenvalue weighted by Gasteiger charge is -2.26. The van der Waals surface area contributed by atoms with Gasteiger partial charge in [-0.1, -0.05) is 18.2 Å². The Morgan fingerprint density at radius 2 is 2.00 bits per heavy atom. The third-order valence-corrected chi connectivity index (χ3v) is 4.41. The van der Waals surface area contributed by atoms with Crippen LogP contribution in [0.1, 0.15) is 42.4 Å². The van der Waals surface area contributed by atoms with Gasteiger partial charge < -0.3 is 9.64 Å². The molecule has 0 radical (unpaired) electrons. The van der Waals surface area contributed by atoms with Crippen LogP contribution in [0.4, 0.5) is 0 Å². The fourth-order valence-electron chi connectivity index (χ4n) is 2.84. The highest BCUT2D eigenvalue weighted by Crippen LogP contribution is 2.26. The van der Waals surface area contributed by atoms with Crippen molar-refractivity contribution in [2.45, 2.75) is 45.6 Å². The summed E-state index contributed by atoms with van der Waals surface area (Å²) < 4.78 is 4.80. The van der Waals surface area contributed by atoms with Crippen molar-refractivity contribution in [1.29, 1.82) is 0 Å². The van der Waals surface area contributed by atoms with Gasteiger partial charge in [-0.3, -0.25) is 4.79 Å². The quantitative estimate of drug-likeness (QED) is 0.803. The summed E-state index contributed by atoms with van der Waals surface area (Å²) in [6, 6.07) is 5.67. The van der Waals surface area contributed by atoms with Gasteiger partial charge in [0.1, 0.15) is 6.04 Å². The molecule has 0 saturated carbocycles. The second kappa shape index (κ2) is 6.29. The monoisotopic (exact) mass is 289 g/mol. The first-order valence-electron chi connectivity index (χ1n) is 7.41. The average molecular weight is 289 g/mol. The lowest BCUT2D eigenvalue weighted by Crippen LogP contribution is -2.42. The SMILES string of the molecule is COC(=O)C1CCCN1C(=O)C(C)c1ccc(C)c(C)c1. The molecule has 2 rings (SSSR count). The van der Waals surface area contributed by atoms with Gasteiger partial charge in [0.05, 0.1) is 13.0 Å². The number of aryl methyl sites for hydroxylation is 2. The zero-order valence-corrected chi connectivity index (χ0v) is 13.2. The summed E-state index contributed by atoms with van der Waals surface area (Å²) in [5.41, 5.74) is 3.39. The molecule has 2 atom stereocenters. The summed E-state index contributed by atoms with van der Waals surface area (Å²) in [5.74, 6) is -0.547. The molecule has 0 bridgehead atoms. The Kier molecular flexibility index (Phi) is 4.66. The minimum absolute atomic E-state index is 0.00570. The molecule has 0 aliphatic carbocycles. The smallest absolute Gasteiger partial charge is 0.328 e. The third kappa shape index (κ3) is 3.09. The van der Waals surface area contributed by atoms with Crippen LogP contribution in [0.15, 0.2) is 18.2 Å². The van der Waals surface area contributed by atoms with Gasteiger partial charge in [-0.2, -0.15) is 0 Å². The number of hydrogen-bond donors (Lipinski definition) is 0. The first kappa shape index (κ1) is 15.5. The molecule has 1 saturated heterocycles. The van der Waals surface area contributed by atoms with Gasteiger partial charge in [-0.25, -0.2) is 4.79 Å². The van der Waals surface area contributed by atoms with E-state index in [1.807, 2.05) is 26.0 Å². The number of benzene rings is 1. The van der Waals surface area contributed by atoms with Crippen LogP contribution in [0.3, 0.4) is 0 Å². The molecule has 0 N–H and O–H groups in total. The number of esters is 1. The van der Waals surface area contributed by atoms with E-state index in [4.69, 9.17) is 4.74 Å². The molecule has 114 valence electrons. The zero-order valence-electron chi connectivity index (χ0n) is 13.2. The van der Waals surface area contributed by atoms with Crippen molar-refractivity contribution < 1.29 is 14.3 Å². The highest BCUT2D eigenvalue weighted by atomic mass is 16.5. The molecule has 4 heteroatoms. The number of carbonyl (C=O) groups excluding carboxylic acids is 2. The van der Waals surface area contributed by atoms with Crippen LogP contribution in [-0.4, -0.2) is 36.5 Å². The molecule has 2 unspecified atom stereocenters. The van der Waals surface area contributed by atoms with Gasteiger partial charge >= 0.3 is 5.97 Å². The highest BCUT2D eigenvalue weighted by Gasteiger charge is 2.36. The largest absolute Gasteiger partial charge is 0.467 e. The summed E-state index contributed by atoms with van der Waals surface area (Å²) in [7, 11) is 1.37. The number of hydrogen-bond acceptors (Lipinski definition) is 3. The Balaban J connectivity index is 2.18. The fraction of sp³-hybridized carbons (Fsp3) is 0.529. The Labute approximate surface area is 126 Å². The lowest BCUT2D eigenvalue weighted by molar-refractivity contribution is -0.151. The van der Waals surface area contributed by atoms with Gasteiger partial charge in [0.2, 0.25) is 5.91 Å². The van der Waals surface area contributed by atoms with Gasteiger partial charge in [-0.05, 0) is 50.3 Å². The summed E-state index contributed by atoms with van der Waals surface area (Å²) in [5, 5.41) is 0. The maximum atomic E-state index is 12.7. The molecule has 4 nitrogen and oxygen atoms in total. The van der Waals surface area contributed by atoms with Crippen molar-refractivity contribution in [3.63, 3.8) is 0 Å². The number of nitrogens with zero attached hydrogens (tertiary/aromatic N) is 1. The molecule has 1 aromatic rings. The minimum atomic E-state index is -0.420. The molecule has 1 aliphatic heterocycles. The Morgan fingerprint density at radius 3 is 2.62 bits per heavy atom. The molecule has 1 heterocycles. The Morgan fingerprint density at radius 1 is 1.29 bits per heavy atom. The maximum absolute atomic E-state index is 12.7. The molecule has 1 fully saturated rings. The predicted molar refractivity (Wildman–Crippen MR) is 81.1 cm³/mol. The fourth-order valence-corrected chi connectivity index (χ4v) is 2.84. The van der Waals surface area contributed by atoms with Crippen LogP contribution in [0.5, 0.6) is 0 Å². The van der Waals surface area contributed by atoms with Crippen LogP contribution < -0.4 is 0 Å². The van der Waals surface area contributed by atoms with Crippen molar-refractivity contribution in [2.24, 2.45) is 0 Å². The predicted octanol–water partition coefficient (Wildman–Crippen LogP) is 2.57. The van der Waals surface area contributed by atoms with Crippen LogP contribution >= 0.6 is 0 Å². The van der Waals surface area contributed by atoms with E-state index < -0.39 is 6.04 Å². The zero-order chi connectivity index (χ0) is 15.6. The summed E-state index contributed by atoms with van der Waals surface area (Å²) in [4.78, 5) is 26.1. The second-order valence-electron chi connectivity index (χ2n) is 5.78. The Bertz CT molecular complexity index is 553. The van der Waals surface area contributed by atoms with Crippen molar-refractivity contribution >= 4 is 11.9 Å². The van der Waals surface area contributed by atoms with Crippen LogP contribution in [0, 0.1) is 13.8 Å². The second-order valence-corrected chi connectivity index (χ2v) is 5.78. The van der Waals surface area contributed by atoms with E-state index in [0.29, 0.717) is 13.0 Å². The number of rotatable bonds is 3. The van der Waals surface area contributed by atoms with Gasteiger partial charge in [-0.15, -0.1) is 0 Å². The first-order valence-corrected chi connectivity index (χ1v) is 7.41. The molecular weight excluding hydrogens is 266 g/mol. The van der Waals surface area contributed by atoms with E-state index in [-0.39, 0.29) is 17.8 Å². The minimum Gasteiger partial charge on any atom is -0.467 e. The van der Waals surface area contributed by atoms with Gasteiger partial charge in [0, 0.05) is 6.54 Å². The summed E-state index contributed by atoms with van der Waals surface area (Å²) >= 11 is 0. The lowest BCUT2D eigenvalue weighted by atomic mass is 9.95. The number of likely N-dealkylation sites (tertiary alicyclic amines) is 1. The van der Waals surface area contributed by atoms with E-state index >= 15 is 0 Å². The molecular formula is C17H23NO3. The molecule has 21 heavy (non-hydrogen) atoms. The van der Waals surface area contributed by atoms with Crippen molar-refractivity contribution in [2.75, 3.05) is 13.7 Å². The van der Waals surface area contributed by atoms with Gasteiger partial charge in [0.15, 0.2) is 0 Å². The standard InChI is InChI=1S/C17H23NO3/c1-11-7-8-14(10-12(11)2)13(3)16(19)18-9-5-6-15(18)17(20)21-4/h7-8,10,13,15H,5-6,9H2,1-4H3. The number of ether oxygens (including phenoxy) is 1. The van der Waals surface area contributed by atoms with Crippen molar-refractivity contribution in [3.8, 4) is 0 Å². The van der Waals surface area contributed by atoms with Crippen molar-refractivity contribution in [1.82, 2.24) is 4.90 Å². The van der Waals surface area contributed by atoms with E-state index in [9.17, 15) is 9.59 Å². The van der Waals surface area contributed by atoms with E-state index in [1.165, 1.54) is 18.2 Å². The van der Waals surface area contributed by atoms with E-state index in [0.717, 1.165) is 12.0 Å². The van der Waals surface area contributed by atoms with Crippen LogP contribution in [0.25, 0.3) is 0 Å². The van der Waals surface area contributed by atoms with Crippen molar-refractivity contribution in [3.05, 3.63) is 34.9 Å². The summed E-state index contributed by atoms with van der Waals surface area (Å²) in [6.45, 7) is 6.63. The molecule has 0 aromatic heterocycles. The normalized spacial score (nSPS) is 19.4. The van der Waals surface area contributed by atoms with Crippen LogP contribution in [0.2, 0.25) is 0 Å². The topological polar surface area (TPSA) is 46.6 Å². The van der Waals surface area contributed by atoms with E-state index in [1.54, 1.807) is 4.90 Å². The van der Waals surface area contributed by atoms with E-state index in [2.05, 4.69) is 13.0 Å². The number of carbonyl (C=O) groups is 2. The van der Waals surface area contributed by atoms with Crippen LogP contribution in [-0.2, 0) is 14.3 Å². The number of amides is 1. The molecule has 1 amide bonds. The first-order chi connectivity index (χ1) is 9.95. The number of methoxy groups -OCH3 is 1. The average Bonchev–Trinajstić information content (AvgIpc) is 2.97. The molecule has 1 aromatic carbocycles. The maximum Gasteiger partial charge on any atom is 0.328 e. The highest BCUT2D eigenvalue weighted by molar-refractivity contribution is 5.89. The summed E-state index contributed by atoms with van der Waals surface area (Å²) in [6.07, 6.45) is 1.54. The third-order valence-electron chi connectivity index (χ3n) is 4.41. The molecule has 0 spiro atoms. The Hall–Kier alpha value is -1.84.